The summed E-state index contributed by atoms with van der Waals surface area (Å²) in [7, 11) is 1.87. The number of guanidine groups is 1. The number of anilines is 2. The molecule has 0 spiro atoms. The van der Waals surface area contributed by atoms with Crippen LogP contribution < -0.4 is 15.5 Å². The normalized spacial score (nSPS) is 14.5. The average molecular weight is 537 g/mol. The molecule has 0 aliphatic carbocycles. The Balaban J connectivity index is 0.00000272. The molecule has 31 heavy (non-hydrogen) atoms. The van der Waals surface area contributed by atoms with E-state index in [0.717, 1.165) is 61.5 Å². The lowest BCUT2D eigenvalue weighted by molar-refractivity contribution is 0.370. The standard InChI is InChI=1S/C19H27N11.HI/c1-3-20-18(29-9-11-30(12-10-29)19-22-5-4-6-23-19)24-8-7-21-16-15-13-27-28(2)17(15)26-14-25-16;/h4-6,13-14H,3,7-12H2,1-2H3,(H,20,24)(H,21,25,26);1H. The third-order valence-electron chi connectivity index (χ3n) is 4.94. The molecule has 1 aliphatic rings. The second-order valence-corrected chi connectivity index (χ2v) is 6.91. The monoisotopic (exact) mass is 537 g/mol. The molecule has 2 N–H and O–H groups in total. The molecule has 0 saturated carbocycles. The summed E-state index contributed by atoms with van der Waals surface area (Å²) in [5.74, 6) is 2.50. The van der Waals surface area contributed by atoms with E-state index in [2.05, 4.69) is 52.4 Å². The highest BCUT2D eigenvalue weighted by atomic mass is 127. The maximum absolute atomic E-state index is 4.79. The highest BCUT2D eigenvalue weighted by molar-refractivity contribution is 14.0. The van der Waals surface area contributed by atoms with Gasteiger partial charge in [-0.3, -0.25) is 9.67 Å². The highest BCUT2D eigenvalue weighted by Crippen LogP contribution is 2.17. The summed E-state index contributed by atoms with van der Waals surface area (Å²) in [5, 5.41) is 11.9. The largest absolute Gasteiger partial charge is 0.367 e. The van der Waals surface area contributed by atoms with Crippen LogP contribution in [-0.4, -0.2) is 86.4 Å². The Hall–Kier alpha value is -2.77. The van der Waals surface area contributed by atoms with Crippen LogP contribution in [0.25, 0.3) is 11.0 Å². The van der Waals surface area contributed by atoms with Gasteiger partial charge in [0.2, 0.25) is 5.95 Å². The van der Waals surface area contributed by atoms with Crippen LogP contribution in [0.3, 0.4) is 0 Å². The number of piperazine rings is 1. The van der Waals surface area contributed by atoms with Crippen molar-refractivity contribution in [1.29, 1.82) is 0 Å². The third-order valence-corrected chi connectivity index (χ3v) is 4.94. The van der Waals surface area contributed by atoms with Gasteiger partial charge in [-0.05, 0) is 13.0 Å². The molecule has 0 radical (unpaired) electrons. The van der Waals surface area contributed by atoms with Crippen molar-refractivity contribution in [2.24, 2.45) is 12.0 Å². The number of rotatable bonds is 6. The first-order chi connectivity index (χ1) is 14.8. The Kier molecular flexibility index (Phi) is 8.14. The smallest absolute Gasteiger partial charge is 0.225 e. The Labute approximate surface area is 198 Å². The molecule has 0 unspecified atom stereocenters. The van der Waals surface area contributed by atoms with Crippen LogP contribution >= 0.6 is 24.0 Å². The summed E-state index contributed by atoms with van der Waals surface area (Å²) >= 11 is 0. The molecule has 0 amide bonds. The van der Waals surface area contributed by atoms with Crippen molar-refractivity contribution in [3.63, 3.8) is 0 Å². The van der Waals surface area contributed by atoms with Crippen LogP contribution in [0.4, 0.5) is 11.8 Å². The summed E-state index contributed by atoms with van der Waals surface area (Å²) in [6, 6.07) is 1.84. The third kappa shape index (κ3) is 5.48. The zero-order valence-corrected chi connectivity index (χ0v) is 20.1. The van der Waals surface area contributed by atoms with Gasteiger partial charge < -0.3 is 20.4 Å². The van der Waals surface area contributed by atoms with Crippen molar-refractivity contribution in [3.8, 4) is 0 Å². The highest BCUT2D eigenvalue weighted by Gasteiger charge is 2.21. The molecule has 1 fully saturated rings. The number of aliphatic imine (C=N–C) groups is 1. The van der Waals surface area contributed by atoms with E-state index in [9.17, 15) is 0 Å². The topological polar surface area (TPSA) is 112 Å². The van der Waals surface area contributed by atoms with Gasteiger partial charge in [-0.1, -0.05) is 0 Å². The van der Waals surface area contributed by atoms with Crippen LogP contribution in [0.15, 0.2) is 36.0 Å². The first-order valence-corrected chi connectivity index (χ1v) is 10.2. The number of aryl methyl sites for hydroxylation is 1. The van der Waals surface area contributed by atoms with Gasteiger partial charge >= 0.3 is 0 Å². The summed E-state index contributed by atoms with van der Waals surface area (Å²) in [6.45, 7) is 7.71. The second kappa shape index (κ2) is 11.0. The van der Waals surface area contributed by atoms with Crippen LogP contribution in [0.2, 0.25) is 0 Å². The number of nitrogens with zero attached hydrogens (tertiary/aromatic N) is 9. The molecule has 11 nitrogen and oxygen atoms in total. The minimum atomic E-state index is 0. The molecule has 3 aromatic heterocycles. The molecule has 12 heteroatoms. The Bertz CT molecular complexity index is 983. The first kappa shape index (κ1) is 22.9. The van der Waals surface area contributed by atoms with Gasteiger partial charge in [0.15, 0.2) is 11.6 Å². The lowest BCUT2D eigenvalue weighted by atomic mass is 10.3. The number of hydrogen-bond donors (Lipinski definition) is 2. The predicted octanol–water partition coefficient (Wildman–Crippen LogP) is 0.971. The fourth-order valence-electron chi connectivity index (χ4n) is 3.44. The molecule has 4 heterocycles. The van der Waals surface area contributed by atoms with Crippen LogP contribution in [-0.2, 0) is 7.05 Å². The summed E-state index contributed by atoms with van der Waals surface area (Å²) in [5.41, 5.74) is 0.810. The summed E-state index contributed by atoms with van der Waals surface area (Å²) in [6.07, 6.45) is 6.89. The van der Waals surface area contributed by atoms with Crippen LogP contribution in [0.5, 0.6) is 0 Å². The first-order valence-electron chi connectivity index (χ1n) is 10.2. The minimum Gasteiger partial charge on any atom is -0.367 e. The Morgan fingerprint density at radius 3 is 2.61 bits per heavy atom. The van der Waals surface area contributed by atoms with E-state index in [-0.39, 0.29) is 24.0 Å². The Morgan fingerprint density at radius 1 is 1.10 bits per heavy atom. The van der Waals surface area contributed by atoms with E-state index < -0.39 is 0 Å². The fourth-order valence-corrected chi connectivity index (χ4v) is 3.44. The van der Waals surface area contributed by atoms with Gasteiger partial charge in [-0.2, -0.15) is 5.10 Å². The van der Waals surface area contributed by atoms with E-state index in [1.54, 1.807) is 29.6 Å². The van der Waals surface area contributed by atoms with E-state index in [0.29, 0.717) is 13.1 Å². The zero-order valence-electron chi connectivity index (χ0n) is 17.8. The number of hydrogen-bond acceptors (Lipinski definition) is 8. The predicted molar refractivity (Wildman–Crippen MR) is 132 cm³/mol. The van der Waals surface area contributed by atoms with Crippen LogP contribution in [0.1, 0.15) is 6.92 Å². The second-order valence-electron chi connectivity index (χ2n) is 6.91. The molecule has 4 rings (SSSR count). The van der Waals surface area contributed by atoms with Crippen LogP contribution in [0, 0.1) is 0 Å². The van der Waals surface area contributed by atoms with Crippen molar-refractivity contribution in [2.75, 3.05) is 56.0 Å². The van der Waals surface area contributed by atoms with Gasteiger partial charge in [0.25, 0.3) is 0 Å². The Morgan fingerprint density at radius 2 is 1.87 bits per heavy atom. The number of fused-ring (bicyclic) bond motifs is 1. The molecule has 0 atom stereocenters. The fraction of sp³-hybridized carbons (Fsp3) is 0.474. The van der Waals surface area contributed by atoms with E-state index in [1.807, 2.05) is 13.1 Å². The van der Waals surface area contributed by atoms with E-state index in [4.69, 9.17) is 4.99 Å². The van der Waals surface area contributed by atoms with Crippen molar-refractivity contribution < 1.29 is 0 Å². The molecule has 3 aromatic rings. The zero-order chi connectivity index (χ0) is 20.8. The van der Waals surface area contributed by atoms with Gasteiger partial charge in [-0.15, -0.1) is 24.0 Å². The van der Waals surface area contributed by atoms with Crippen molar-refractivity contribution in [3.05, 3.63) is 31.0 Å². The molecular formula is C19H28IN11. The average Bonchev–Trinajstić information content (AvgIpc) is 3.18. The lowest BCUT2D eigenvalue weighted by Gasteiger charge is -2.36. The molecule has 0 aromatic carbocycles. The summed E-state index contributed by atoms with van der Waals surface area (Å²) < 4.78 is 1.74. The SMILES string of the molecule is CCNC(=NCCNc1ncnc2c1cnn2C)N1CCN(c2ncccn2)CC1.I. The molecule has 1 aliphatic heterocycles. The van der Waals surface area contributed by atoms with Crippen molar-refractivity contribution in [1.82, 2.24) is 39.9 Å². The maximum atomic E-state index is 4.79. The van der Waals surface area contributed by atoms with Crippen molar-refractivity contribution >= 4 is 52.7 Å². The molecule has 166 valence electrons. The number of aromatic nitrogens is 6. The number of nitrogens with one attached hydrogen (secondary N) is 2. The number of halogens is 1. The summed E-state index contributed by atoms with van der Waals surface area (Å²) in [4.78, 5) is 26.6. The molecule has 1 saturated heterocycles. The van der Waals surface area contributed by atoms with E-state index >= 15 is 0 Å². The van der Waals surface area contributed by atoms with Gasteiger partial charge in [-0.25, -0.2) is 19.9 Å². The molecular weight excluding hydrogens is 509 g/mol. The quantitative estimate of drug-likeness (QED) is 0.206. The minimum absolute atomic E-state index is 0. The van der Waals surface area contributed by atoms with E-state index in [1.165, 1.54) is 0 Å². The van der Waals surface area contributed by atoms with Gasteiger partial charge in [0, 0.05) is 58.7 Å². The van der Waals surface area contributed by atoms with Crippen molar-refractivity contribution in [2.45, 2.75) is 6.92 Å². The van der Waals surface area contributed by atoms with Gasteiger partial charge in [0.1, 0.15) is 12.1 Å². The van der Waals surface area contributed by atoms with Gasteiger partial charge in [0.05, 0.1) is 18.1 Å². The lowest BCUT2D eigenvalue weighted by Crippen LogP contribution is -2.53. The maximum Gasteiger partial charge on any atom is 0.225 e. The molecule has 0 bridgehead atoms.